The van der Waals surface area contributed by atoms with Gasteiger partial charge in [0.05, 0.1) is 11.4 Å². The molecule has 3 aromatic carbocycles. The third kappa shape index (κ3) is 3.64. The molecule has 0 atom stereocenters. The first-order valence-electron chi connectivity index (χ1n) is 7.50. The first-order chi connectivity index (χ1) is 11.6. The monoisotopic (exact) mass is 318 g/mol. The lowest BCUT2D eigenvalue weighted by Crippen LogP contribution is -2.13. The van der Waals surface area contributed by atoms with Crippen molar-refractivity contribution in [3.8, 4) is 0 Å². The third-order valence-electron chi connectivity index (χ3n) is 3.52. The van der Waals surface area contributed by atoms with E-state index in [2.05, 4.69) is 10.6 Å². The minimum absolute atomic E-state index is 0.225. The topological polar surface area (TPSA) is 93.2 Å². The van der Waals surface area contributed by atoms with E-state index >= 15 is 0 Å². The number of carbonyl (C=O) groups is 1. The van der Waals surface area contributed by atoms with E-state index in [1.54, 1.807) is 36.4 Å². The number of anilines is 5. The van der Waals surface area contributed by atoms with Crippen LogP contribution < -0.4 is 22.1 Å². The maximum Gasteiger partial charge on any atom is 0.255 e. The van der Waals surface area contributed by atoms with Gasteiger partial charge in [-0.3, -0.25) is 4.79 Å². The van der Waals surface area contributed by atoms with E-state index in [1.165, 1.54) is 0 Å². The molecule has 5 nitrogen and oxygen atoms in total. The number of nitrogens with two attached hydrogens (primary N) is 2. The predicted octanol–water partition coefficient (Wildman–Crippen LogP) is 3.85. The van der Waals surface area contributed by atoms with Crippen LogP contribution in [0.15, 0.2) is 72.8 Å². The van der Waals surface area contributed by atoms with Crippen molar-refractivity contribution in [1.82, 2.24) is 0 Å². The van der Waals surface area contributed by atoms with E-state index in [1.807, 2.05) is 36.4 Å². The molecule has 6 N–H and O–H groups in total. The Balaban J connectivity index is 1.85. The maximum atomic E-state index is 12.4. The molecular weight excluding hydrogens is 300 g/mol. The summed E-state index contributed by atoms with van der Waals surface area (Å²) in [5.74, 6) is -0.225. The molecule has 0 unspecified atom stereocenters. The van der Waals surface area contributed by atoms with Crippen molar-refractivity contribution in [2.45, 2.75) is 0 Å². The van der Waals surface area contributed by atoms with Crippen molar-refractivity contribution in [1.29, 1.82) is 0 Å². The molecule has 24 heavy (non-hydrogen) atoms. The van der Waals surface area contributed by atoms with E-state index in [4.69, 9.17) is 11.5 Å². The Kier molecular flexibility index (Phi) is 4.34. The highest BCUT2D eigenvalue weighted by Crippen LogP contribution is 2.28. The van der Waals surface area contributed by atoms with Gasteiger partial charge in [0, 0.05) is 22.6 Å². The van der Waals surface area contributed by atoms with Crippen LogP contribution in [-0.4, -0.2) is 5.91 Å². The molecule has 0 saturated carbocycles. The fourth-order valence-electron chi connectivity index (χ4n) is 2.28. The zero-order valence-corrected chi connectivity index (χ0v) is 13.0. The molecule has 0 aliphatic rings. The Hall–Kier alpha value is -3.47. The van der Waals surface area contributed by atoms with E-state index in [0.29, 0.717) is 22.6 Å². The second-order valence-electron chi connectivity index (χ2n) is 5.37. The first kappa shape index (κ1) is 15.4. The zero-order valence-electron chi connectivity index (χ0n) is 13.0. The van der Waals surface area contributed by atoms with Crippen molar-refractivity contribution >= 4 is 34.3 Å². The van der Waals surface area contributed by atoms with Crippen LogP contribution >= 0.6 is 0 Å². The van der Waals surface area contributed by atoms with Gasteiger partial charge in [0.1, 0.15) is 0 Å². The van der Waals surface area contributed by atoms with Gasteiger partial charge in [0.25, 0.3) is 5.91 Å². The van der Waals surface area contributed by atoms with Crippen molar-refractivity contribution < 1.29 is 4.79 Å². The number of nitrogens with one attached hydrogen (secondary N) is 2. The lowest BCUT2D eigenvalue weighted by atomic mass is 10.1. The Labute approximate surface area is 140 Å². The second kappa shape index (κ2) is 6.75. The van der Waals surface area contributed by atoms with Crippen LogP contribution in [-0.2, 0) is 0 Å². The fraction of sp³-hybridized carbons (Fsp3) is 0. The van der Waals surface area contributed by atoms with Crippen LogP contribution in [0.5, 0.6) is 0 Å². The number of hydrogen-bond acceptors (Lipinski definition) is 4. The predicted molar refractivity (Wildman–Crippen MR) is 99.4 cm³/mol. The highest BCUT2D eigenvalue weighted by atomic mass is 16.1. The molecule has 3 rings (SSSR count). The minimum atomic E-state index is -0.225. The summed E-state index contributed by atoms with van der Waals surface area (Å²) in [5.41, 5.74) is 15.5. The van der Waals surface area contributed by atoms with E-state index in [-0.39, 0.29) is 5.91 Å². The Morgan fingerprint density at radius 3 is 2.12 bits per heavy atom. The molecule has 0 spiro atoms. The summed E-state index contributed by atoms with van der Waals surface area (Å²) in [6.07, 6.45) is 0. The van der Waals surface area contributed by atoms with Gasteiger partial charge in [0.15, 0.2) is 0 Å². The van der Waals surface area contributed by atoms with Gasteiger partial charge >= 0.3 is 0 Å². The van der Waals surface area contributed by atoms with Crippen molar-refractivity contribution in [3.05, 3.63) is 78.4 Å². The fourth-order valence-corrected chi connectivity index (χ4v) is 2.28. The zero-order chi connectivity index (χ0) is 16.9. The second-order valence-corrected chi connectivity index (χ2v) is 5.37. The molecule has 0 radical (unpaired) electrons. The van der Waals surface area contributed by atoms with Crippen molar-refractivity contribution in [2.24, 2.45) is 0 Å². The van der Waals surface area contributed by atoms with Crippen LogP contribution in [0.3, 0.4) is 0 Å². The average molecular weight is 318 g/mol. The molecule has 3 aromatic rings. The van der Waals surface area contributed by atoms with Gasteiger partial charge in [-0.2, -0.15) is 0 Å². The summed E-state index contributed by atoms with van der Waals surface area (Å²) in [4.78, 5) is 12.4. The van der Waals surface area contributed by atoms with E-state index in [9.17, 15) is 4.79 Å². The average Bonchev–Trinajstić information content (AvgIpc) is 2.59. The largest absolute Gasteiger partial charge is 0.399 e. The third-order valence-corrected chi connectivity index (χ3v) is 3.52. The van der Waals surface area contributed by atoms with Gasteiger partial charge < -0.3 is 22.1 Å². The lowest BCUT2D eigenvalue weighted by Gasteiger charge is -2.14. The Bertz CT molecular complexity index is 845. The molecule has 0 heterocycles. The number of amides is 1. The molecule has 120 valence electrons. The van der Waals surface area contributed by atoms with E-state index in [0.717, 1.165) is 11.4 Å². The van der Waals surface area contributed by atoms with Gasteiger partial charge in [0.2, 0.25) is 0 Å². The molecule has 0 bridgehead atoms. The minimum Gasteiger partial charge on any atom is -0.399 e. The van der Waals surface area contributed by atoms with Crippen LogP contribution in [0.4, 0.5) is 28.4 Å². The first-order valence-corrected chi connectivity index (χ1v) is 7.50. The smallest absolute Gasteiger partial charge is 0.255 e. The molecule has 0 aliphatic carbocycles. The van der Waals surface area contributed by atoms with Crippen LogP contribution in [0.2, 0.25) is 0 Å². The van der Waals surface area contributed by atoms with Crippen molar-refractivity contribution in [2.75, 3.05) is 22.1 Å². The summed E-state index contributed by atoms with van der Waals surface area (Å²) in [7, 11) is 0. The molecule has 0 aromatic heterocycles. The molecule has 5 heteroatoms. The Morgan fingerprint density at radius 2 is 1.42 bits per heavy atom. The van der Waals surface area contributed by atoms with Crippen molar-refractivity contribution in [3.63, 3.8) is 0 Å². The van der Waals surface area contributed by atoms with Crippen LogP contribution in [0.25, 0.3) is 0 Å². The van der Waals surface area contributed by atoms with Crippen LogP contribution in [0.1, 0.15) is 10.4 Å². The maximum absolute atomic E-state index is 12.4. The lowest BCUT2D eigenvalue weighted by molar-refractivity contribution is 0.102. The highest BCUT2D eigenvalue weighted by Gasteiger charge is 2.10. The summed E-state index contributed by atoms with van der Waals surface area (Å²) in [6, 6.07) is 21.8. The Morgan fingerprint density at radius 1 is 0.750 bits per heavy atom. The summed E-state index contributed by atoms with van der Waals surface area (Å²) in [6.45, 7) is 0. The van der Waals surface area contributed by atoms with Gasteiger partial charge in [-0.25, -0.2) is 0 Å². The van der Waals surface area contributed by atoms with Gasteiger partial charge in [-0.15, -0.1) is 0 Å². The van der Waals surface area contributed by atoms with Gasteiger partial charge in [-0.1, -0.05) is 18.2 Å². The standard InChI is InChI=1S/C19H18N4O/c20-14-8-6-13(7-9-14)19(24)23-18-12-15(21)10-11-17(18)22-16-4-2-1-3-5-16/h1-12,22H,20-21H2,(H,23,24). The quantitative estimate of drug-likeness (QED) is 0.550. The number of para-hydroxylation sites is 1. The summed E-state index contributed by atoms with van der Waals surface area (Å²) in [5, 5.41) is 6.16. The number of benzene rings is 3. The highest BCUT2D eigenvalue weighted by molar-refractivity contribution is 6.06. The summed E-state index contributed by atoms with van der Waals surface area (Å²) < 4.78 is 0. The SMILES string of the molecule is Nc1ccc(C(=O)Nc2cc(N)ccc2Nc2ccccc2)cc1. The number of carbonyl (C=O) groups excluding carboxylic acids is 1. The molecule has 0 fully saturated rings. The number of hydrogen-bond donors (Lipinski definition) is 4. The van der Waals surface area contributed by atoms with Gasteiger partial charge in [-0.05, 0) is 54.6 Å². The van der Waals surface area contributed by atoms with E-state index < -0.39 is 0 Å². The normalized spacial score (nSPS) is 10.2. The number of rotatable bonds is 4. The van der Waals surface area contributed by atoms with Crippen LogP contribution in [0, 0.1) is 0 Å². The molecule has 1 amide bonds. The number of nitrogen functional groups attached to an aromatic ring is 2. The molecule has 0 saturated heterocycles. The molecular formula is C19H18N4O. The summed E-state index contributed by atoms with van der Waals surface area (Å²) >= 11 is 0. The molecule has 0 aliphatic heterocycles.